The molecule has 11 heteroatoms. The van der Waals surface area contributed by atoms with Gasteiger partial charge in [0, 0.05) is 16.6 Å². The Kier molecular flexibility index (Phi) is 8.28. The molecule has 0 aromatic heterocycles. The van der Waals surface area contributed by atoms with Gasteiger partial charge in [0.2, 0.25) is 0 Å². The quantitative estimate of drug-likeness (QED) is 0.134. The molecule has 0 spiro atoms. The third-order valence-electron chi connectivity index (χ3n) is 4.04. The standard InChI is InChI=1S/C22H15Br2N3O6/c23-16-3-1-2-15(10-16)22(29)33-18-7-4-14(5-8-18)12-25-26-21(28)13-32-20-9-6-17(27(30)31)11-19(20)24/h1-12H,13H2,(H,26,28). The van der Waals surface area contributed by atoms with Crippen LogP contribution in [0, 0.1) is 10.1 Å². The lowest BCUT2D eigenvalue weighted by Crippen LogP contribution is -2.24. The Balaban J connectivity index is 1.47. The summed E-state index contributed by atoms with van der Waals surface area (Å²) in [6.07, 6.45) is 1.42. The molecule has 0 aliphatic rings. The van der Waals surface area contributed by atoms with Crippen LogP contribution in [0.4, 0.5) is 5.69 Å². The highest BCUT2D eigenvalue weighted by Gasteiger charge is 2.11. The zero-order valence-electron chi connectivity index (χ0n) is 16.7. The van der Waals surface area contributed by atoms with Crippen LogP contribution < -0.4 is 14.9 Å². The summed E-state index contributed by atoms with van der Waals surface area (Å²) in [5.74, 6) is -0.350. The monoisotopic (exact) mass is 575 g/mol. The number of amides is 1. The van der Waals surface area contributed by atoms with Crippen molar-refractivity contribution in [2.24, 2.45) is 5.10 Å². The molecule has 3 aromatic rings. The SMILES string of the molecule is O=C(COc1ccc([N+](=O)[O-])cc1Br)NN=Cc1ccc(OC(=O)c2cccc(Br)c2)cc1. The molecule has 9 nitrogen and oxygen atoms in total. The van der Waals surface area contributed by atoms with Gasteiger partial charge < -0.3 is 9.47 Å². The molecule has 0 heterocycles. The third-order valence-corrected chi connectivity index (χ3v) is 5.15. The highest BCUT2D eigenvalue weighted by molar-refractivity contribution is 9.10. The van der Waals surface area contributed by atoms with Gasteiger partial charge in [0.05, 0.1) is 21.2 Å². The Morgan fingerprint density at radius 1 is 1.06 bits per heavy atom. The number of ether oxygens (including phenoxy) is 2. The first-order valence-electron chi connectivity index (χ1n) is 9.28. The number of nitrogens with one attached hydrogen (secondary N) is 1. The van der Waals surface area contributed by atoms with Gasteiger partial charge in [-0.15, -0.1) is 0 Å². The molecule has 0 bridgehead atoms. The van der Waals surface area contributed by atoms with E-state index in [-0.39, 0.29) is 18.0 Å². The van der Waals surface area contributed by atoms with Gasteiger partial charge in [0.25, 0.3) is 11.6 Å². The molecule has 0 fully saturated rings. The molecular weight excluding hydrogens is 562 g/mol. The van der Waals surface area contributed by atoms with E-state index in [1.807, 2.05) is 6.07 Å². The van der Waals surface area contributed by atoms with Gasteiger partial charge >= 0.3 is 5.97 Å². The average Bonchev–Trinajstić information content (AvgIpc) is 2.79. The summed E-state index contributed by atoms with van der Waals surface area (Å²) < 4.78 is 11.8. The number of halogens is 2. The Labute approximate surface area is 204 Å². The lowest BCUT2D eigenvalue weighted by Gasteiger charge is -2.07. The van der Waals surface area contributed by atoms with Crippen LogP contribution in [0.15, 0.2) is 80.8 Å². The van der Waals surface area contributed by atoms with Crippen molar-refractivity contribution in [3.63, 3.8) is 0 Å². The van der Waals surface area contributed by atoms with Crippen LogP contribution in [0.5, 0.6) is 11.5 Å². The maximum Gasteiger partial charge on any atom is 0.343 e. The number of non-ortho nitro benzene ring substituents is 1. The molecular formula is C22H15Br2N3O6. The minimum atomic E-state index is -0.533. The second-order valence-electron chi connectivity index (χ2n) is 6.42. The third kappa shape index (κ3) is 7.22. The number of carbonyl (C=O) groups excluding carboxylic acids is 2. The van der Waals surface area contributed by atoms with Crippen LogP contribution in [0.25, 0.3) is 0 Å². The molecule has 0 saturated carbocycles. The number of hydrogen-bond acceptors (Lipinski definition) is 7. The van der Waals surface area contributed by atoms with Crippen molar-refractivity contribution in [3.05, 3.63) is 96.9 Å². The fraction of sp³-hybridized carbons (Fsp3) is 0.0455. The number of esters is 1. The first-order chi connectivity index (χ1) is 15.8. The number of nitro benzene ring substituents is 1. The van der Waals surface area contributed by atoms with E-state index in [9.17, 15) is 19.7 Å². The van der Waals surface area contributed by atoms with Gasteiger partial charge in [0.15, 0.2) is 6.61 Å². The predicted molar refractivity (Wildman–Crippen MR) is 128 cm³/mol. The fourth-order valence-corrected chi connectivity index (χ4v) is 3.36. The largest absolute Gasteiger partial charge is 0.483 e. The summed E-state index contributed by atoms with van der Waals surface area (Å²) in [5.41, 5.74) is 3.30. The van der Waals surface area contributed by atoms with E-state index in [4.69, 9.17) is 9.47 Å². The van der Waals surface area contributed by atoms with E-state index in [1.165, 1.54) is 24.4 Å². The summed E-state index contributed by atoms with van der Waals surface area (Å²) in [6, 6.07) is 17.4. The number of benzene rings is 3. The molecule has 0 aliphatic carbocycles. The van der Waals surface area contributed by atoms with Crippen molar-refractivity contribution in [2.45, 2.75) is 0 Å². The molecule has 0 aliphatic heterocycles. The van der Waals surface area contributed by atoms with Gasteiger partial charge in [-0.3, -0.25) is 14.9 Å². The van der Waals surface area contributed by atoms with Crippen molar-refractivity contribution in [3.8, 4) is 11.5 Å². The van der Waals surface area contributed by atoms with Gasteiger partial charge in [-0.1, -0.05) is 22.0 Å². The normalized spacial score (nSPS) is 10.6. The first-order valence-corrected chi connectivity index (χ1v) is 10.9. The molecule has 1 N–H and O–H groups in total. The minimum Gasteiger partial charge on any atom is -0.483 e. The zero-order valence-corrected chi connectivity index (χ0v) is 19.9. The summed E-state index contributed by atoms with van der Waals surface area (Å²) in [7, 11) is 0. The molecule has 33 heavy (non-hydrogen) atoms. The van der Waals surface area contributed by atoms with E-state index >= 15 is 0 Å². The first kappa shape index (κ1) is 24.1. The maximum absolute atomic E-state index is 12.2. The van der Waals surface area contributed by atoms with Crippen LogP contribution in [-0.2, 0) is 4.79 Å². The highest BCUT2D eigenvalue weighted by Crippen LogP contribution is 2.29. The Morgan fingerprint density at radius 3 is 2.48 bits per heavy atom. The predicted octanol–water partition coefficient (Wildman–Crippen LogP) is 4.87. The molecule has 3 rings (SSSR count). The number of rotatable bonds is 8. The second-order valence-corrected chi connectivity index (χ2v) is 8.19. The number of hydrazone groups is 1. The van der Waals surface area contributed by atoms with E-state index in [0.717, 1.165) is 4.47 Å². The van der Waals surface area contributed by atoms with Gasteiger partial charge in [0.1, 0.15) is 11.5 Å². The zero-order chi connectivity index (χ0) is 23.8. The topological polar surface area (TPSA) is 120 Å². The molecule has 0 atom stereocenters. The van der Waals surface area contributed by atoms with Crippen molar-refractivity contribution in [2.75, 3.05) is 6.61 Å². The molecule has 168 valence electrons. The van der Waals surface area contributed by atoms with Crippen molar-refractivity contribution >= 4 is 55.6 Å². The average molecular weight is 577 g/mol. The van der Waals surface area contributed by atoms with Crippen LogP contribution >= 0.6 is 31.9 Å². The van der Waals surface area contributed by atoms with Crippen LogP contribution in [-0.4, -0.2) is 29.6 Å². The van der Waals surface area contributed by atoms with Crippen molar-refractivity contribution in [1.82, 2.24) is 5.43 Å². The van der Waals surface area contributed by atoms with E-state index in [2.05, 4.69) is 42.4 Å². The van der Waals surface area contributed by atoms with Crippen LogP contribution in [0.3, 0.4) is 0 Å². The number of hydrogen-bond donors (Lipinski definition) is 1. The Bertz CT molecular complexity index is 1220. The van der Waals surface area contributed by atoms with Crippen molar-refractivity contribution in [1.29, 1.82) is 0 Å². The molecule has 0 saturated heterocycles. The lowest BCUT2D eigenvalue weighted by molar-refractivity contribution is -0.384. The van der Waals surface area contributed by atoms with Crippen LogP contribution in [0.2, 0.25) is 0 Å². The van der Waals surface area contributed by atoms with E-state index < -0.39 is 16.8 Å². The van der Waals surface area contributed by atoms with Gasteiger partial charge in [-0.2, -0.15) is 5.10 Å². The Morgan fingerprint density at radius 2 is 1.82 bits per heavy atom. The summed E-state index contributed by atoms with van der Waals surface area (Å²) in [6.45, 7) is -0.335. The second kappa shape index (κ2) is 11.3. The van der Waals surface area contributed by atoms with E-state index in [1.54, 1.807) is 42.5 Å². The smallest absolute Gasteiger partial charge is 0.343 e. The minimum absolute atomic E-state index is 0.0998. The summed E-state index contributed by atoms with van der Waals surface area (Å²) in [4.78, 5) is 34.3. The lowest BCUT2D eigenvalue weighted by atomic mass is 10.2. The van der Waals surface area contributed by atoms with Crippen LogP contribution in [0.1, 0.15) is 15.9 Å². The number of nitrogens with zero attached hydrogens (tertiary/aromatic N) is 2. The van der Waals surface area contributed by atoms with Gasteiger partial charge in [-0.05, 0) is 70.0 Å². The molecule has 3 aromatic carbocycles. The van der Waals surface area contributed by atoms with Crippen molar-refractivity contribution < 1.29 is 24.0 Å². The molecule has 1 amide bonds. The highest BCUT2D eigenvalue weighted by atomic mass is 79.9. The fourth-order valence-electron chi connectivity index (χ4n) is 2.48. The molecule has 0 radical (unpaired) electrons. The summed E-state index contributed by atoms with van der Waals surface area (Å²) >= 11 is 6.47. The Hall–Kier alpha value is -3.57. The summed E-state index contributed by atoms with van der Waals surface area (Å²) in [5, 5.41) is 14.6. The number of nitro groups is 1. The number of carbonyl (C=O) groups is 2. The molecule has 0 unspecified atom stereocenters. The van der Waals surface area contributed by atoms with Gasteiger partial charge in [-0.25, -0.2) is 10.2 Å². The van der Waals surface area contributed by atoms with E-state index in [0.29, 0.717) is 21.3 Å². The maximum atomic E-state index is 12.2.